The Kier molecular flexibility index (Phi) is 5.48. The summed E-state index contributed by atoms with van der Waals surface area (Å²) in [5, 5.41) is 28.9. The Bertz CT molecular complexity index is 502. The SMILES string of the molecule is CCOC(=O)CC(O)C(O)c1c(N)cccc1C(=O)O. The van der Waals surface area contributed by atoms with Gasteiger partial charge >= 0.3 is 11.9 Å². The second kappa shape index (κ2) is 6.88. The van der Waals surface area contributed by atoms with Crippen LogP contribution in [0.15, 0.2) is 18.2 Å². The first-order valence-electron chi connectivity index (χ1n) is 6.01. The molecule has 0 spiro atoms. The lowest BCUT2D eigenvalue weighted by Crippen LogP contribution is -2.25. The van der Waals surface area contributed by atoms with E-state index in [2.05, 4.69) is 4.74 Å². The number of hydrogen-bond acceptors (Lipinski definition) is 6. The molecule has 1 aromatic carbocycles. The van der Waals surface area contributed by atoms with Crippen LogP contribution in [0.3, 0.4) is 0 Å². The Morgan fingerprint density at radius 2 is 2.00 bits per heavy atom. The number of esters is 1. The quantitative estimate of drug-likeness (QED) is 0.436. The molecule has 0 aromatic heterocycles. The summed E-state index contributed by atoms with van der Waals surface area (Å²) in [6.45, 7) is 1.76. The number of carbonyl (C=O) groups excluding carboxylic acids is 1. The summed E-state index contributed by atoms with van der Waals surface area (Å²) in [7, 11) is 0. The standard InChI is InChI=1S/C13H17NO6/c1-2-20-10(16)6-9(15)12(17)11-7(13(18)19)4-3-5-8(11)14/h3-5,9,12,15,17H,2,6,14H2,1H3,(H,18,19). The molecule has 20 heavy (non-hydrogen) atoms. The van der Waals surface area contributed by atoms with Crippen LogP contribution in [-0.2, 0) is 9.53 Å². The van der Waals surface area contributed by atoms with Gasteiger partial charge in [-0.05, 0) is 19.1 Å². The third-order valence-corrected chi connectivity index (χ3v) is 2.71. The van der Waals surface area contributed by atoms with Crippen LogP contribution < -0.4 is 5.73 Å². The van der Waals surface area contributed by atoms with Crippen LogP contribution in [0.2, 0.25) is 0 Å². The average Bonchev–Trinajstić information content (AvgIpc) is 2.37. The van der Waals surface area contributed by atoms with Crippen LogP contribution in [0.5, 0.6) is 0 Å². The molecule has 0 saturated carbocycles. The van der Waals surface area contributed by atoms with Crippen molar-refractivity contribution >= 4 is 17.6 Å². The second-order valence-corrected chi connectivity index (χ2v) is 4.13. The highest BCUT2D eigenvalue weighted by Gasteiger charge is 2.27. The minimum Gasteiger partial charge on any atom is -0.478 e. The molecule has 0 aliphatic rings. The van der Waals surface area contributed by atoms with Gasteiger partial charge in [-0.2, -0.15) is 0 Å². The van der Waals surface area contributed by atoms with Crippen molar-refractivity contribution in [1.29, 1.82) is 0 Å². The zero-order valence-electron chi connectivity index (χ0n) is 10.9. The summed E-state index contributed by atoms with van der Waals surface area (Å²) in [5.41, 5.74) is 5.33. The predicted molar refractivity (Wildman–Crippen MR) is 70.0 cm³/mol. The molecule has 0 bridgehead atoms. The number of benzene rings is 1. The third-order valence-electron chi connectivity index (χ3n) is 2.71. The number of carboxylic acid groups (broad SMARTS) is 1. The van der Waals surface area contributed by atoms with E-state index in [-0.39, 0.29) is 23.4 Å². The smallest absolute Gasteiger partial charge is 0.336 e. The number of aliphatic hydroxyl groups is 2. The Morgan fingerprint density at radius 1 is 1.35 bits per heavy atom. The Balaban J connectivity index is 2.99. The van der Waals surface area contributed by atoms with E-state index < -0.39 is 30.6 Å². The molecule has 0 heterocycles. The molecule has 7 heteroatoms. The summed E-state index contributed by atoms with van der Waals surface area (Å²) in [5.74, 6) is -1.97. The number of ether oxygens (including phenoxy) is 1. The summed E-state index contributed by atoms with van der Waals surface area (Å²) >= 11 is 0. The molecule has 2 atom stereocenters. The van der Waals surface area contributed by atoms with Gasteiger partial charge in [-0.1, -0.05) is 6.07 Å². The maximum Gasteiger partial charge on any atom is 0.336 e. The molecule has 110 valence electrons. The highest BCUT2D eigenvalue weighted by Crippen LogP contribution is 2.28. The lowest BCUT2D eigenvalue weighted by Gasteiger charge is -2.20. The van der Waals surface area contributed by atoms with Gasteiger partial charge in [0.05, 0.1) is 24.7 Å². The van der Waals surface area contributed by atoms with Gasteiger partial charge in [-0.25, -0.2) is 4.79 Å². The van der Waals surface area contributed by atoms with Gasteiger partial charge in [0.2, 0.25) is 0 Å². The van der Waals surface area contributed by atoms with E-state index in [9.17, 15) is 19.8 Å². The average molecular weight is 283 g/mol. The van der Waals surface area contributed by atoms with Crippen molar-refractivity contribution < 1.29 is 29.6 Å². The lowest BCUT2D eigenvalue weighted by molar-refractivity contribution is -0.147. The summed E-state index contributed by atoms with van der Waals surface area (Å²) < 4.78 is 4.65. The number of nitrogen functional groups attached to an aromatic ring is 1. The van der Waals surface area contributed by atoms with E-state index in [1.165, 1.54) is 18.2 Å². The fraction of sp³-hybridized carbons (Fsp3) is 0.385. The lowest BCUT2D eigenvalue weighted by atomic mass is 9.95. The Hall–Kier alpha value is -2.12. The molecule has 1 rings (SSSR count). The van der Waals surface area contributed by atoms with Crippen molar-refractivity contribution in [1.82, 2.24) is 0 Å². The van der Waals surface area contributed by atoms with E-state index in [1.807, 2.05) is 0 Å². The maximum absolute atomic E-state index is 11.3. The van der Waals surface area contributed by atoms with Crippen molar-refractivity contribution in [2.24, 2.45) is 0 Å². The van der Waals surface area contributed by atoms with Crippen LogP contribution in [0, 0.1) is 0 Å². The molecule has 0 aliphatic carbocycles. The van der Waals surface area contributed by atoms with Crippen LogP contribution in [0.1, 0.15) is 35.4 Å². The molecule has 1 aromatic rings. The van der Waals surface area contributed by atoms with Crippen molar-refractivity contribution in [2.45, 2.75) is 25.6 Å². The van der Waals surface area contributed by atoms with Crippen LogP contribution in [0.4, 0.5) is 5.69 Å². The zero-order valence-corrected chi connectivity index (χ0v) is 10.9. The molecule has 0 radical (unpaired) electrons. The minimum atomic E-state index is -1.59. The Morgan fingerprint density at radius 3 is 2.55 bits per heavy atom. The fourth-order valence-corrected chi connectivity index (χ4v) is 1.79. The summed E-state index contributed by atoms with van der Waals surface area (Å²) in [4.78, 5) is 22.3. The number of anilines is 1. The highest BCUT2D eigenvalue weighted by molar-refractivity contribution is 5.91. The van der Waals surface area contributed by atoms with Crippen LogP contribution in [-0.4, -0.2) is 40.0 Å². The molecule has 7 nitrogen and oxygen atoms in total. The minimum absolute atomic E-state index is 0.0281. The summed E-state index contributed by atoms with van der Waals surface area (Å²) in [6, 6.07) is 4.09. The van der Waals surface area contributed by atoms with Gasteiger partial charge in [-0.3, -0.25) is 4.79 Å². The maximum atomic E-state index is 11.3. The van der Waals surface area contributed by atoms with Gasteiger partial charge in [-0.15, -0.1) is 0 Å². The first kappa shape index (κ1) is 15.9. The zero-order chi connectivity index (χ0) is 15.3. The van der Waals surface area contributed by atoms with Gasteiger partial charge in [0, 0.05) is 11.3 Å². The van der Waals surface area contributed by atoms with Crippen molar-refractivity contribution in [3.05, 3.63) is 29.3 Å². The molecule has 0 amide bonds. The van der Waals surface area contributed by atoms with Crippen LogP contribution >= 0.6 is 0 Å². The molecule has 0 aliphatic heterocycles. The van der Waals surface area contributed by atoms with Crippen molar-refractivity contribution in [3.8, 4) is 0 Å². The largest absolute Gasteiger partial charge is 0.478 e. The molecule has 2 unspecified atom stereocenters. The molecular formula is C13H17NO6. The number of aliphatic hydroxyl groups excluding tert-OH is 2. The highest BCUT2D eigenvalue weighted by atomic mass is 16.5. The molecular weight excluding hydrogens is 266 g/mol. The second-order valence-electron chi connectivity index (χ2n) is 4.13. The van der Waals surface area contributed by atoms with E-state index in [1.54, 1.807) is 6.92 Å². The monoisotopic (exact) mass is 283 g/mol. The fourth-order valence-electron chi connectivity index (χ4n) is 1.79. The van der Waals surface area contributed by atoms with Gasteiger partial charge < -0.3 is 25.8 Å². The predicted octanol–water partition coefficient (Wildman–Crippen LogP) is 0.314. The number of carboxylic acids is 1. The summed E-state index contributed by atoms with van der Waals surface area (Å²) in [6.07, 6.45) is -3.55. The Labute approximate surface area is 115 Å². The van der Waals surface area contributed by atoms with Gasteiger partial charge in [0.1, 0.15) is 6.10 Å². The first-order chi connectivity index (χ1) is 9.38. The third kappa shape index (κ3) is 3.69. The topological polar surface area (TPSA) is 130 Å². The van der Waals surface area contributed by atoms with Crippen LogP contribution in [0.25, 0.3) is 0 Å². The number of hydrogen-bond donors (Lipinski definition) is 4. The van der Waals surface area contributed by atoms with E-state index in [4.69, 9.17) is 10.8 Å². The van der Waals surface area contributed by atoms with Gasteiger partial charge in [0.25, 0.3) is 0 Å². The van der Waals surface area contributed by atoms with Crippen molar-refractivity contribution in [3.63, 3.8) is 0 Å². The number of rotatable bonds is 6. The van der Waals surface area contributed by atoms with E-state index >= 15 is 0 Å². The van der Waals surface area contributed by atoms with E-state index in [0.29, 0.717) is 0 Å². The van der Waals surface area contributed by atoms with E-state index in [0.717, 1.165) is 0 Å². The molecule has 0 fully saturated rings. The normalized spacial score (nSPS) is 13.6. The number of aromatic carboxylic acids is 1. The molecule has 5 N–H and O–H groups in total. The van der Waals surface area contributed by atoms with Crippen molar-refractivity contribution in [2.75, 3.05) is 12.3 Å². The molecule has 0 saturated heterocycles. The number of carbonyl (C=O) groups is 2. The van der Waals surface area contributed by atoms with Gasteiger partial charge in [0.15, 0.2) is 0 Å². The number of nitrogens with two attached hydrogens (primary N) is 1. The first-order valence-corrected chi connectivity index (χ1v) is 6.01.